The number of benzene rings is 2. The van der Waals surface area contributed by atoms with Gasteiger partial charge in [-0.15, -0.1) is 0 Å². The molecule has 0 aliphatic heterocycles. The number of aryl methyl sites for hydroxylation is 1. The maximum absolute atomic E-state index is 11.8. The van der Waals surface area contributed by atoms with Crippen LogP contribution in [0.15, 0.2) is 41.5 Å². The van der Waals surface area contributed by atoms with E-state index in [-0.39, 0.29) is 23.6 Å². The van der Waals surface area contributed by atoms with Crippen LogP contribution in [0.5, 0.6) is 11.5 Å². The highest BCUT2D eigenvalue weighted by atomic mass is 16.6. The number of carbonyl (C=O) groups excluding carboxylic acids is 1. The van der Waals surface area contributed by atoms with Gasteiger partial charge in [0.05, 0.1) is 30.4 Å². The van der Waals surface area contributed by atoms with Crippen molar-refractivity contribution in [3.05, 3.63) is 57.6 Å². The Morgan fingerprint density at radius 3 is 2.62 bits per heavy atom. The van der Waals surface area contributed by atoms with Crippen LogP contribution in [0.25, 0.3) is 0 Å². The topological polar surface area (TPSA) is 126 Å². The van der Waals surface area contributed by atoms with Gasteiger partial charge in [0.2, 0.25) is 5.75 Å². The number of nitrogens with one attached hydrogen (secondary N) is 2. The third-order valence-electron chi connectivity index (χ3n) is 3.43. The van der Waals surface area contributed by atoms with E-state index in [4.69, 9.17) is 4.74 Å². The predicted molar refractivity (Wildman–Crippen MR) is 96.7 cm³/mol. The first kappa shape index (κ1) is 18.7. The molecule has 9 heteroatoms. The summed E-state index contributed by atoms with van der Waals surface area (Å²) in [5.41, 5.74) is 3.80. The molecule has 0 saturated heterocycles. The lowest BCUT2D eigenvalue weighted by Gasteiger charge is -2.06. The number of hydrogen-bond acceptors (Lipinski definition) is 7. The van der Waals surface area contributed by atoms with Crippen LogP contribution >= 0.6 is 0 Å². The van der Waals surface area contributed by atoms with E-state index in [2.05, 4.69) is 15.8 Å². The summed E-state index contributed by atoms with van der Waals surface area (Å²) < 4.78 is 4.85. The van der Waals surface area contributed by atoms with Gasteiger partial charge in [0.25, 0.3) is 5.91 Å². The summed E-state index contributed by atoms with van der Waals surface area (Å²) in [4.78, 5) is 22.3. The smallest absolute Gasteiger partial charge is 0.323 e. The average molecular weight is 358 g/mol. The van der Waals surface area contributed by atoms with Gasteiger partial charge in [0.15, 0.2) is 5.75 Å². The number of phenols is 1. The van der Waals surface area contributed by atoms with E-state index in [1.54, 1.807) is 0 Å². The van der Waals surface area contributed by atoms with Crippen molar-refractivity contribution in [3.8, 4) is 11.5 Å². The fraction of sp³-hybridized carbons (Fsp3) is 0.176. The quantitative estimate of drug-likeness (QED) is 0.396. The maximum atomic E-state index is 11.8. The number of aromatic hydroxyl groups is 1. The second-order valence-corrected chi connectivity index (χ2v) is 5.33. The molecule has 0 bridgehead atoms. The van der Waals surface area contributed by atoms with Crippen molar-refractivity contribution in [3.63, 3.8) is 0 Å². The van der Waals surface area contributed by atoms with Gasteiger partial charge in [-0.05, 0) is 31.2 Å². The van der Waals surface area contributed by atoms with Gasteiger partial charge in [-0.3, -0.25) is 14.9 Å². The van der Waals surface area contributed by atoms with E-state index in [1.807, 2.05) is 31.2 Å². The summed E-state index contributed by atoms with van der Waals surface area (Å²) >= 11 is 0. The lowest BCUT2D eigenvalue weighted by Crippen LogP contribution is -2.25. The molecule has 0 atom stereocenters. The Labute approximate surface area is 149 Å². The molecule has 0 aromatic heterocycles. The third kappa shape index (κ3) is 4.69. The second kappa shape index (κ2) is 8.47. The summed E-state index contributed by atoms with van der Waals surface area (Å²) in [6.07, 6.45) is 1.11. The Morgan fingerprint density at radius 2 is 2.00 bits per heavy atom. The Bertz CT molecular complexity index is 834. The van der Waals surface area contributed by atoms with Crippen molar-refractivity contribution in [2.45, 2.75) is 6.92 Å². The van der Waals surface area contributed by atoms with E-state index in [0.717, 1.165) is 17.5 Å². The number of phenolic OH excluding ortho intramolecular Hbond substituents is 1. The minimum absolute atomic E-state index is 0.0125. The SMILES string of the molecule is COc1c(O)ccc(/C=N/NC(=O)CNc2ccc(C)cc2)c1[N+](=O)[O-]. The molecule has 1 amide bonds. The van der Waals surface area contributed by atoms with Gasteiger partial charge < -0.3 is 15.2 Å². The minimum atomic E-state index is -0.694. The van der Waals surface area contributed by atoms with Gasteiger partial charge in [-0.25, -0.2) is 5.43 Å². The number of hydrazone groups is 1. The Morgan fingerprint density at radius 1 is 1.31 bits per heavy atom. The molecule has 0 spiro atoms. The molecule has 2 aromatic rings. The summed E-state index contributed by atoms with van der Waals surface area (Å²) in [6.45, 7) is 1.95. The van der Waals surface area contributed by atoms with Crippen molar-refractivity contribution < 1.29 is 19.6 Å². The molecule has 0 fully saturated rings. The largest absolute Gasteiger partial charge is 0.504 e. The average Bonchev–Trinajstić information content (AvgIpc) is 2.61. The molecule has 26 heavy (non-hydrogen) atoms. The number of nitro groups is 1. The van der Waals surface area contributed by atoms with Crippen LogP contribution in [-0.4, -0.2) is 35.8 Å². The van der Waals surface area contributed by atoms with Crippen LogP contribution in [0, 0.1) is 17.0 Å². The van der Waals surface area contributed by atoms with Gasteiger partial charge in [-0.2, -0.15) is 5.10 Å². The first-order valence-electron chi connectivity index (χ1n) is 7.59. The molecule has 2 rings (SSSR count). The van der Waals surface area contributed by atoms with E-state index < -0.39 is 16.5 Å². The van der Waals surface area contributed by atoms with Gasteiger partial charge in [0.1, 0.15) is 0 Å². The number of ether oxygens (including phenoxy) is 1. The number of amides is 1. The molecule has 3 N–H and O–H groups in total. The molecule has 136 valence electrons. The molecule has 0 radical (unpaired) electrons. The van der Waals surface area contributed by atoms with Crippen molar-refractivity contribution in [2.75, 3.05) is 19.0 Å². The highest BCUT2D eigenvalue weighted by Gasteiger charge is 2.23. The summed E-state index contributed by atoms with van der Waals surface area (Å²) in [5, 5.41) is 27.4. The normalized spacial score (nSPS) is 10.5. The van der Waals surface area contributed by atoms with Crippen molar-refractivity contribution in [1.29, 1.82) is 0 Å². The summed E-state index contributed by atoms with van der Waals surface area (Å²) in [7, 11) is 1.21. The molecule has 0 aliphatic rings. The minimum Gasteiger partial charge on any atom is -0.504 e. The Balaban J connectivity index is 2.00. The highest BCUT2D eigenvalue weighted by molar-refractivity contribution is 5.89. The number of methoxy groups -OCH3 is 1. The number of hydrogen-bond donors (Lipinski definition) is 3. The lowest BCUT2D eigenvalue weighted by atomic mass is 10.1. The van der Waals surface area contributed by atoms with Crippen molar-refractivity contribution >= 4 is 23.5 Å². The number of rotatable bonds is 7. The highest BCUT2D eigenvalue weighted by Crippen LogP contribution is 2.37. The first-order valence-corrected chi connectivity index (χ1v) is 7.59. The van der Waals surface area contributed by atoms with Gasteiger partial charge in [0, 0.05) is 5.69 Å². The maximum Gasteiger partial charge on any atom is 0.323 e. The molecular formula is C17H18N4O5. The zero-order chi connectivity index (χ0) is 19.1. The van der Waals surface area contributed by atoms with Crippen molar-refractivity contribution in [1.82, 2.24) is 5.43 Å². The predicted octanol–water partition coefficient (Wildman–Crippen LogP) is 2.18. The molecule has 2 aromatic carbocycles. The van der Waals surface area contributed by atoms with E-state index >= 15 is 0 Å². The van der Waals surface area contributed by atoms with Crippen LogP contribution < -0.4 is 15.5 Å². The fourth-order valence-electron chi connectivity index (χ4n) is 2.14. The Kier molecular flexibility index (Phi) is 6.10. The van der Waals surface area contributed by atoms with Crippen LogP contribution in [0.3, 0.4) is 0 Å². The lowest BCUT2D eigenvalue weighted by molar-refractivity contribution is -0.386. The summed E-state index contributed by atoms with van der Waals surface area (Å²) in [5.74, 6) is -1.05. The first-order chi connectivity index (χ1) is 12.4. The monoisotopic (exact) mass is 358 g/mol. The standard InChI is InChI=1S/C17H18N4O5/c1-11-3-6-13(7-4-11)18-10-15(23)20-19-9-12-5-8-14(22)17(26-2)16(12)21(24)25/h3-9,18,22H,10H2,1-2H3,(H,20,23)/b19-9+. The Hall–Kier alpha value is -3.62. The van der Waals surface area contributed by atoms with Crippen LogP contribution in [0.1, 0.15) is 11.1 Å². The number of carbonyl (C=O) groups is 1. The number of anilines is 1. The molecule has 0 heterocycles. The third-order valence-corrected chi connectivity index (χ3v) is 3.43. The molecule has 0 saturated carbocycles. The van der Waals surface area contributed by atoms with Crippen LogP contribution in [-0.2, 0) is 4.79 Å². The van der Waals surface area contributed by atoms with E-state index in [0.29, 0.717) is 0 Å². The summed E-state index contributed by atoms with van der Waals surface area (Å²) in [6, 6.07) is 10.1. The van der Waals surface area contributed by atoms with Gasteiger partial charge in [-0.1, -0.05) is 17.7 Å². The number of nitro benzene ring substituents is 1. The van der Waals surface area contributed by atoms with Crippen molar-refractivity contribution in [2.24, 2.45) is 5.10 Å². The molecule has 0 aliphatic carbocycles. The van der Waals surface area contributed by atoms with E-state index in [1.165, 1.54) is 19.2 Å². The molecule has 9 nitrogen and oxygen atoms in total. The second-order valence-electron chi connectivity index (χ2n) is 5.33. The molecule has 0 unspecified atom stereocenters. The number of nitrogens with zero attached hydrogens (tertiary/aromatic N) is 2. The van der Waals surface area contributed by atoms with Crippen LogP contribution in [0.4, 0.5) is 11.4 Å². The van der Waals surface area contributed by atoms with E-state index in [9.17, 15) is 20.0 Å². The van der Waals surface area contributed by atoms with Gasteiger partial charge >= 0.3 is 5.69 Å². The van der Waals surface area contributed by atoms with Crippen LogP contribution in [0.2, 0.25) is 0 Å². The molecular weight excluding hydrogens is 340 g/mol. The zero-order valence-electron chi connectivity index (χ0n) is 14.2. The fourth-order valence-corrected chi connectivity index (χ4v) is 2.14. The zero-order valence-corrected chi connectivity index (χ0v) is 14.2.